The molecule has 14 heavy (non-hydrogen) atoms. The molecule has 1 rings (SSSR count). The van der Waals surface area contributed by atoms with Crippen molar-refractivity contribution >= 4 is 21.9 Å². The number of hydrogen-bond donors (Lipinski definition) is 2. The van der Waals surface area contributed by atoms with E-state index in [9.17, 15) is 8.42 Å². The zero-order chi connectivity index (χ0) is 10.8. The molecule has 0 heterocycles. The van der Waals surface area contributed by atoms with Gasteiger partial charge in [-0.15, -0.1) is 0 Å². The smallest absolute Gasteiger partial charge is 0.333 e. The van der Waals surface area contributed by atoms with Gasteiger partial charge in [-0.05, 0) is 17.7 Å². The Kier molecular flexibility index (Phi) is 3.33. The van der Waals surface area contributed by atoms with Crippen molar-refractivity contribution in [3.8, 4) is 5.75 Å². The van der Waals surface area contributed by atoms with Crippen LogP contribution in [0.3, 0.4) is 0 Å². The molecule has 0 amide bonds. The van der Waals surface area contributed by atoms with Crippen molar-refractivity contribution in [2.45, 2.75) is 6.61 Å². The van der Waals surface area contributed by atoms with Crippen molar-refractivity contribution in [1.82, 2.24) is 0 Å². The maximum Gasteiger partial charge on any atom is 0.333 e. The third-order valence-corrected chi connectivity index (χ3v) is 2.21. The average molecular weight is 238 g/mol. The Balaban J connectivity index is 2.78. The number of nitrogens with two attached hydrogens (primary N) is 1. The van der Waals surface area contributed by atoms with Gasteiger partial charge in [-0.3, -0.25) is 4.18 Å². The minimum absolute atomic E-state index is 0.00523. The van der Waals surface area contributed by atoms with Gasteiger partial charge in [0, 0.05) is 5.02 Å². The highest BCUT2D eigenvalue weighted by Crippen LogP contribution is 2.22. The molecule has 7 heteroatoms. The molecule has 0 spiro atoms. The second kappa shape index (κ2) is 4.14. The largest absolute Gasteiger partial charge is 0.508 e. The highest BCUT2D eigenvalue weighted by Gasteiger charge is 2.06. The van der Waals surface area contributed by atoms with Gasteiger partial charge in [0.15, 0.2) is 0 Å². The highest BCUT2D eigenvalue weighted by molar-refractivity contribution is 7.84. The van der Waals surface area contributed by atoms with Gasteiger partial charge in [0.05, 0.1) is 6.61 Å². The van der Waals surface area contributed by atoms with Crippen LogP contribution in [0, 0.1) is 0 Å². The Morgan fingerprint density at radius 3 is 2.64 bits per heavy atom. The molecule has 0 aliphatic heterocycles. The summed E-state index contributed by atoms with van der Waals surface area (Å²) in [6, 6.07) is 4.10. The Bertz CT molecular complexity index is 431. The SMILES string of the molecule is NS(=O)(=O)OCc1ccc(O)cc1Cl. The molecule has 0 aromatic heterocycles. The molecule has 0 bridgehead atoms. The molecule has 0 radical (unpaired) electrons. The van der Waals surface area contributed by atoms with E-state index in [1.807, 2.05) is 0 Å². The van der Waals surface area contributed by atoms with Gasteiger partial charge in [0.25, 0.3) is 0 Å². The molecule has 1 aromatic carbocycles. The van der Waals surface area contributed by atoms with E-state index in [1.54, 1.807) is 0 Å². The Hall–Kier alpha value is -0.820. The van der Waals surface area contributed by atoms with Crippen molar-refractivity contribution in [2.24, 2.45) is 5.14 Å². The third-order valence-electron chi connectivity index (χ3n) is 1.42. The summed E-state index contributed by atoms with van der Waals surface area (Å²) in [5.74, 6) is -0.00523. The van der Waals surface area contributed by atoms with Crippen LogP contribution in [-0.2, 0) is 21.1 Å². The molecule has 3 N–H and O–H groups in total. The van der Waals surface area contributed by atoms with Gasteiger partial charge < -0.3 is 5.11 Å². The number of benzene rings is 1. The fourth-order valence-corrected chi connectivity index (χ4v) is 1.32. The van der Waals surface area contributed by atoms with E-state index < -0.39 is 10.3 Å². The molecule has 0 saturated heterocycles. The standard InChI is InChI=1S/C7H8ClNO4S/c8-7-3-6(10)2-1-5(7)4-13-14(9,11)12/h1-3,10H,4H2,(H2,9,11,12). The first kappa shape index (κ1) is 11.3. The molecular formula is C7H8ClNO4S. The van der Waals surface area contributed by atoms with E-state index >= 15 is 0 Å². The molecule has 0 atom stereocenters. The van der Waals surface area contributed by atoms with Gasteiger partial charge in [-0.2, -0.15) is 8.42 Å². The van der Waals surface area contributed by atoms with E-state index in [4.69, 9.17) is 16.7 Å². The number of hydrogen-bond acceptors (Lipinski definition) is 4. The van der Waals surface area contributed by atoms with Crippen LogP contribution in [0.25, 0.3) is 0 Å². The molecule has 78 valence electrons. The summed E-state index contributed by atoms with van der Waals surface area (Å²) in [4.78, 5) is 0. The van der Waals surface area contributed by atoms with Crippen LogP contribution in [0.1, 0.15) is 5.56 Å². The van der Waals surface area contributed by atoms with Crippen LogP contribution < -0.4 is 5.14 Å². The minimum Gasteiger partial charge on any atom is -0.508 e. The summed E-state index contributed by atoms with van der Waals surface area (Å²) >= 11 is 5.68. The van der Waals surface area contributed by atoms with Gasteiger partial charge in [-0.1, -0.05) is 17.7 Å². The van der Waals surface area contributed by atoms with Crippen molar-refractivity contribution in [1.29, 1.82) is 0 Å². The monoisotopic (exact) mass is 237 g/mol. The van der Waals surface area contributed by atoms with E-state index in [2.05, 4.69) is 9.32 Å². The molecule has 1 aromatic rings. The fourth-order valence-electron chi connectivity index (χ4n) is 0.799. The first-order valence-corrected chi connectivity index (χ1v) is 5.38. The van der Waals surface area contributed by atoms with Crippen LogP contribution >= 0.6 is 11.6 Å². The second-order valence-corrected chi connectivity index (χ2v) is 4.16. The van der Waals surface area contributed by atoms with Crippen molar-refractivity contribution in [2.75, 3.05) is 0 Å². The lowest BCUT2D eigenvalue weighted by Gasteiger charge is -2.03. The normalized spacial score (nSPS) is 11.6. The number of rotatable bonds is 3. The summed E-state index contributed by atoms with van der Waals surface area (Å²) in [5.41, 5.74) is 0.429. The molecule has 5 nitrogen and oxygen atoms in total. The number of phenols is 1. The summed E-state index contributed by atoms with van der Waals surface area (Å²) in [5, 5.41) is 13.8. The van der Waals surface area contributed by atoms with Gasteiger partial charge in [0.2, 0.25) is 0 Å². The zero-order valence-electron chi connectivity index (χ0n) is 6.97. The third kappa shape index (κ3) is 3.51. The van der Waals surface area contributed by atoms with E-state index in [0.29, 0.717) is 5.56 Å². The van der Waals surface area contributed by atoms with E-state index in [0.717, 1.165) is 0 Å². The zero-order valence-corrected chi connectivity index (χ0v) is 8.55. The quantitative estimate of drug-likeness (QED) is 0.812. The Morgan fingerprint density at radius 2 is 2.14 bits per heavy atom. The molecule has 0 unspecified atom stereocenters. The van der Waals surface area contributed by atoms with Crippen molar-refractivity contribution in [3.63, 3.8) is 0 Å². The lowest BCUT2D eigenvalue weighted by molar-refractivity contribution is 0.308. The van der Waals surface area contributed by atoms with Crippen LogP contribution in [0.4, 0.5) is 0 Å². The van der Waals surface area contributed by atoms with Crippen LogP contribution in [0.15, 0.2) is 18.2 Å². The Labute approximate surface area is 86.3 Å². The maximum atomic E-state index is 10.4. The van der Waals surface area contributed by atoms with Crippen molar-refractivity contribution in [3.05, 3.63) is 28.8 Å². The van der Waals surface area contributed by atoms with Gasteiger partial charge in [0.1, 0.15) is 5.75 Å². The van der Waals surface area contributed by atoms with E-state index in [1.165, 1.54) is 18.2 Å². The number of halogens is 1. The summed E-state index contributed by atoms with van der Waals surface area (Å²) < 4.78 is 25.2. The van der Waals surface area contributed by atoms with Crippen LogP contribution in [0.5, 0.6) is 5.75 Å². The predicted molar refractivity (Wildman–Crippen MR) is 51.0 cm³/mol. The maximum absolute atomic E-state index is 10.4. The summed E-state index contributed by atoms with van der Waals surface area (Å²) in [7, 11) is -3.97. The molecule has 0 aliphatic rings. The molecule has 0 saturated carbocycles. The van der Waals surface area contributed by atoms with Crippen LogP contribution in [-0.4, -0.2) is 13.5 Å². The van der Waals surface area contributed by atoms with E-state index in [-0.39, 0.29) is 17.4 Å². The summed E-state index contributed by atoms with van der Waals surface area (Å²) in [6.07, 6.45) is 0. The van der Waals surface area contributed by atoms with Crippen molar-refractivity contribution < 1.29 is 17.7 Å². The Morgan fingerprint density at radius 1 is 1.50 bits per heavy atom. The van der Waals surface area contributed by atoms with Gasteiger partial charge >= 0.3 is 10.3 Å². The summed E-state index contributed by atoms with van der Waals surface area (Å²) in [6.45, 7) is -0.252. The minimum atomic E-state index is -3.97. The first-order chi connectivity index (χ1) is 6.38. The second-order valence-electron chi connectivity index (χ2n) is 2.53. The average Bonchev–Trinajstić information content (AvgIpc) is 2.00. The molecule has 0 aliphatic carbocycles. The molecule has 0 fully saturated rings. The fraction of sp³-hybridized carbons (Fsp3) is 0.143. The number of aromatic hydroxyl groups is 1. The van der Waals surface area contributed by atoms with Gasteiger partial charge in [-0.25, -0.2) is 5.14 Å². The topological polar surface area (TPSA) is 89.6 Å². The lowest BCUT2D eigenvalue weighted by Crippen LogP contribution is -2.15. The number of phenolic OH excluding ortho intramolecular Hbond substituents is 1. The lowest BCUT2D eigenvalue weighted by atomic mass is 10.2. The predicted octanol–water partition coefficient (Wildman–Crippen LogP) is 0.766. The molecular weight excluding hydrogens is 230 g/mol. The van der Waals surface area contributed by atoms with Crippen LogP contribution in [0.2, 0.25) is 5.02 Å². The highest BCUT2D eigenvalue weighted by atomic mass is 35.5. The first-order valence-electron chi connectivity index (χ1n) is 3.53.